The van der Waals surface area contributed by atoms with Gasteiger partial charge in [-0.3, -0.25) is 9.59 Å². The van der Waals surface area contributed by atoms with E-state index < -0.39 is 5.97 Å². The second-order valence-electron chi connectivity index (χ2n) is 5.09. The lowest BCUT2D eigenvalue weighted by molar-refractivity contribution is -0.139. The highest BCUT2D eigenvalue weighted by molar-refractivity contribution is 7.98. The Morgan fingerprint density at radius 3 is 2.81 bits per heavy atom. The lowest BCUT2D eigenvalue weighted by Crippen LogP contribution is -2.13. The third-order valence-corrected chi connectivity index (χ3v) is 4.33. The molecule has 3 aromatic rings. The summed E-state index contributed by atoms with van der Waals surface area (Å²) in [5, 5.41) is 8.93. The number of thioether (sulfide) groups is 1. The quantitative estimate of drug-likeness (QED) is 0.387. The number of nitrogens with zero attached hydrogens (tertiary/aromatic N) is 3. The van der Waals surface area contributed by atoms with Crippen molar-refractivity contribution < 1.29 is 13.9 Å². The van der Waals surface area contributed by atoms with E-state index in [1.165, 1.54) is 24.9 Å². The molecule has 1 aromatic carbocycles. The Bertz CT molecular complexity index is 971. The van der Waals surface area contributed by atoms with E-state index in [1.807, 2.05) is 0 Å². The van der Waals surface area contributed by atoms with Crippen LogP contribution in [0.4, 0.5) is 0 Å². The molecule has 0 fully saturated rings. The van der Waals surface area contributed by atoms with E-state index in [-0.39, 0.29) is 12.0 Å². The van der Waals surface area contributed by atoms with Gasteiger partial charge < -0.3 is 14.1 Å². The number of hydrogen-bond acceptors (Lipinski definition) is 8. The molecule has 0 bridgehead atoms. The van der Waals surface area contributed by atoms with Crippen LogP contribution in [0, 0.1) is 0 Å². The predicted octanol–water partition coefficient (Wildman–Crippen LogP) is 2.48. The minimum Gasteiger partial charge on any atom is -0.469 e. The molecule has 0 aliphatic carbocycles. The van der Waals surface area contributed by atoms with E-state index >= 15 is 0 Å². The first-order chi connectivity index (χ1) is 12.5. The minimum absolute atomic E-state index is 0.0742. The van der Waals surface area contributed by atoms with Gasteiger partial charge in [-0.05, 0) is 24.3 Å². The number of hydrogen-bond donors (Lipinski definition) is 1. The lowest BCUT2D eigenvalue weighted by atomic mass is 10.2. The molecule has 2 aromatic heterocycles. The summed E-state index contributed by atoms with van der Waals surface area (Å²) in [5.74, 6) is 0.591. The number of H-pyrrole nitrogens is 1. The number of methoxy groups -OCH3 is 1. The van der Waals surface area contributed by atoms with Gasteiger partial charge in [0, 0.05) is 16.7 Å². The molecule has 0 radical (unpaired) electrons. The van der Waals surface area contributed by atoms with Crippen LogP contribution in [-0.2, 0) is 21.7 Å². The number of aromatic nitrogens is 4. The van der Waals surface area contributed by atoms with Gasteiger partial charge in [0.2, 0.25) is 11.8 Å². The third kappa shape index (κ3) is 4.70. The molecule has 0 spiro atoms. The van der Waals surface area contributed by atoms with Crippen LogP contribution >= 0.6 is 23.4 Å². The summed E-state index contributed by atoms with van der Waals surface area (Å²) in [6, 6.07) is 8.28. The monoisotopic (exact) mass is 392 g/mol. The first-order valence-corrected chi connectivity index (χ1v) is 8.78. The first kappa shape index (κ1) is 18.2. The van der Waals surface area contributed by atoms with Gasteiger partial charge in [-0.15, -0.1) is 10.2 Å². The SMILES string of the molecule is COC(=O)Cc1cc(=O)[nH]c(SCc2nnc(-c3ccc(Cl)cc3)o2)n1. The summed E-state index contributed by atoms with van der Waals surface area (Å²) in [5.41, 5.74) is 0.731. The van der Waals surface area contributed by atoms with Gasteiger partial charge in [0.15, 0.2) is 5.16 Å². The van der Waals surface area contributed by atoms with Crippen molar-refractivity contribution >= 4 is 29.3 Å². The minimum atomic E-state index is -0.469. The maximum Gasteiger partial charge on any atom is 0.311 e. The lowest BCUT2D eigenvalue weighted by Gasteiger charge is -2.02. The summed E-state index contributed by atoms with van der Waals surface area (Å²) in [7, 11) is 1.28. The Morgan fingerprint density at radius 1 is 1.31 bits per heavy atom. The molecule has 26 heavy (non-hydrogen) atoms. The topological polar surface area (TPSA) is 111 Å². The van der Waals surface area contributed by atoms with Crippen LogP contribution in [0.25, 0.3) is 11.5 Å². The van der Waals surface area contributed by atoms with Gasteiger partial charge in [-0.25, -0.2) is 4.98 Å². The van der Waals surface area contributed by atoms with Gasteiger partial charge in [0.05, 0.1) is 25.0 Å². The summed E-state index contributed by atoms with van der Waals surface area (Å²) in [4.78, 5) is 29.8. The van der Waals surface area contributed by atoms with Crippen LogP contribution in [0.5, 0.6) is 0 Å². The molecule has 3 rings (SSSR count). The number of esters is 1. The smallest absolute Gasteiger partial charge is 0.311 e. The molecule has 10 heteroatoms. The molecule has 0 atom stereocenters. The number of ether oxygens (including phenoxy) is 1. The second kappa shape index (κ2) is 8.15. The molecule has 134 valence electrons. The van der Waals surface area contributed by atoms with E-state index in [4.69, 9.17) is 16.0 Å². The van der Waals surface area contributed by atoms with E-state index in [9.17, 15) is 9.59 Å². The molecular formula is C16H13ClN4O4S. The molecule has 0 amide bonds. The van der Waals surface area contributed by atoms with Crippen molar-refractivity contribution in [2.45, 2.75) is 17.3 Å². The Morgan fingerprint density at radius 2 is 2.08 bits per heavy atom. The second-order valence-corrected chi connectivity index (χ2v) is 6.49. The molecule has 0 saturated carbocycles. The molecule has 0 aliphatic heterocycles. The maximum absolute atomic E-state index is 11.7. The van der Waals surface area contributed by atoms with Crippen LogP contribution in [-0.4, -0.2) is 33.2 Å². The molecule has 0 saturated heterocycles. The van der Waals surface area contributed by atoms with Crippen molar-refractivity contribution in [1.82, 2.24) is 20.2 Å². The number of nitrogens with one attached hydrogen (secondary N) is 1. The maximum atomic E-state index is 11.7. The highest BCUT2D eigenvalue weighted by Crippen LogP contribution is 2.23. The molecule has 8 nitrogen and oxygen atoms in total. The fraction of sp³-hybridized carbons (Fsp3) is 0.188. The number of halogens is 1. The van der Waals surface area contributed by atoms with Crippen molar-refractivity contribution in [2.24, 2.45) is 0 Å². The standard InChI is InChI=1S/C16H13ClN4O4S/c1-24-14(23)7-11-6-12(22)19-16(18-11)26-8-13-20-21-15(25-13)9-2-4-10(17)5-3-9/h2-6H,7-8H2,1H3,(H,18,19,22). The zero-order valence-electron chi connectivity index (χ0n) is 13.6. The van der Waals surface area contributed by atoms with Crippen LogP contribution in [0.1, 0.15) is 11.6 Å². The number of carbonyl (C=O) groups excluding carboxylic acids is 1. The van der Waals surface area contributed by atoms with E-state index in [0.717, 1.165) is 5.56 Å². The fourth-order valence-electron chi connectivity index (χ4n) is 2.01. The van der Waals surface area contributed by atoms with E-state index in [0.29, 0.717) is 33.4 Å². The zero-order valence-corrected chi connectivity index (χ0v) is 15.1. The Kier molecular flexibility index (Phi) is 5.69. The average molecular weight is 393 g/mol. The van der Waals surface area contributed by atoms with Crippen molar-refractivity contribution in [3.8, 4) is 11.5 Å². The van der Waals surface area contributed by atoms with Crippen molar-refractivity contribution in [2.75, 3.05) is 7.11 Å². The van der Waals surface area contributed by atoms with Crippen molar-refractivity contribution in [1.29, 1.82) is 0 Å². The summed E-state index contributed by atoms with van der Waals surface area (Å²) < 4.78 is 10.2. The number of benzene rings is 1. The Balaban J connectivity index is 1.68. The van der Waals surface area contributed by atoms with E-state index in [2.05, 4.69) is 24.9 Å². The third-order valence-electron chi connectivity index (χ3n) is 3.22. The van der Waals surface area contributed by atoms with Crippen LogP contribution in [0.15, 0.2) is 44.7 Å². The van der Waals surface area contributed by atoms with Crippen LogP contribution in [0.3, 0.4) is 0 Å². The normalized spacial score (nSPS) is 10.7. The molecule has 0 unspecified atom stereocenters. The van der Waals surface area contributed by atoms with Gasteiger partial charge >= 0.3 is 5.97 Å². The molecule has 1 N–H and O–H groups in total. The van der Waals surface area contributed by atoms with E-state index in [1.54, 1.807) is 24.3 Å². The van der Waals surface area contributed by atoms with Gasteiger partial charge in [-0.2, -0.15) is 0 Å². The zero-order chi connectivity index (χ0) is 18.5. The largest absolute Gasteiger partial charge is 0.469 e. The van der Waals surface area contributed by atoms with Crippen LogP contribution < -0.4 is 5.56 Å². The predicted molar refractivity (Wildman–Crippen MR) is 94.9 cm³/mol. The summed E-state index contributed by atoms with van der Waals surface area (Å²) in [6.07, 6.45) is -0.0742. The summed E-state index contributed by atoms with van der Waals surface area (Å²) in [6.45, 7) is 0. The number of rotatable bonds is 6. The first-order valence-electron chi connectivity index (χ1n) is 7.41. The Labute approximate surface area is 157 Å². The van der Waals surface area contributed by atoms with Gasteiger partial charge in [-0.1, -0.05) is 23.4 Å². The summed E-state index contributed by atoms with van der Waals surface area (Å²) >= 11 is 7.06. The van der Waals surface area contributed by atoms with Crippen molar-refractivity contribution in [3.63, 3.8) is 0 Å². The number of carbonyl (C=O) groups is 1. The average Bonchev–Trinajstić information content (AvgIpc) is 3.09. The van der Waals surface area contributed by atoms with Gasteiger partial charge in [0.1, 0.15) is 0 Å². The van der Waals surface area contributed by atoms with Gasteiger partial charge in [0.25, 0.3) is 5.56 Å². The Hall–Kier alpha value is -2.65. The number of aromatic amines is 1. The highest BCUT2D eigenvalue weighted by Gasteiger charge is 2.11. The van der Waals surface area contributed by atoms with Crippen molar-refractivity contribution in [3.05, 3.63) is 57.3 Å². The highest BCUT2D eigenvalue weighted by atomic mass is 35.5. The molecule has 2 heterocycles. The molecular weight excluding hydrogens is 380 g/mol. The van der Waals surface area contributed by atoms with Crippen LogP contribution in [0.2, 0.25) is 5.02 Å². The molecule has 0 aliphatic rings. The fourth-order valence-corrected chi connectivity index (χ4v) is 2.87.